The van der Waals surface area contributed by atoms with Crippen LogP contribution >= 0.6 is 0 Å². The fourth-order valence-electron chi connectivity index (χ4n) is 4.12. The summed E-state index contributed by atoms with van der Waals surface area (Å²) in [6, 6.07) is 9.58. The van der Waals surface area contributed by atoms with Crippen molar-refractivity contribution in [3.05, 3.63) is 53.6 Å². The summed E-state index contributed by atoms with van der Waals surface area (Å²) in [6.07, 6.45) is 0. The molecule has 0 atom stereocenters. The van der Waals surface area contributed by atoms with Crippen molar-refractivity contribution >= 4 is 5.91 Å². The Morgan fingerprint density at radius 1 is 0.944 bits per heavy atom. The first-order chi connectivity index (χ1) is 17.5. The Morgan fingerprint density at radius 2 is 1.61 bits per heavy atom. The van der Waals surface area contributed by atoms with Crippen LogP contribution in [0.25, 0.3) is 5.69 Å². The number of amides is 1. The maximum Gasteiger partial charge on any atom is 0.254 e. The third-order valence-corrected chi connectivity index (χ3v) is 5.77. The van der Waals surface area contributed by atoms with Crippen molar-refractivity contribution in [1.29, 1.82) is 0 Å². The highest BCUT2D eigenvalue weighted by Gasteiger charge is 2.26. The quantitative estimate of drug-likeness (QED) is 0.421. The first kappa shape index (κ1) is 25.4. The van der Waals surface area contributed by atoms with Gasteiger partial charge in [0.2, 0.25) is 5.75 Å². The molecule has 2 aromatic carbocycles. The molecular weight excluding hydrogens is 467 g/mol. The monoisotopic (exact) mass is 498 g/mol. The minimum absolute atomic E-state index is 0.0933. The normalized spacial score (nSPS) is 14.1. The van der Waals surface area contributed by atoms with Crippen LogP contribution in [0.1, 0.15) is 37.0 Å². The van der Waals surface area contributed by atoms with E-state index in [0.29, 0.717) is 86.9 Å². The molecule has 0 radical (unpaired) electrons. The van der Waals surface area contributed by atoms with Crippen molar-refractivity contribution in [2.75, 3.05) is 46.0 Å². The van der Waals surface area contributed by atoms with Crippen LogP contribution in [0.15, 0.2) is 36.4 Å². The van der Waals surface area contributed by atoms with Crippen LogP contribution in [-0.2, 0) is 6.54 Å². The molecule has 1 amide bonds. The number of ether oxygens (including phenoxy) is 3. The largest absolute Gasteiger partial charge is 0.490 e. The van der Waals surface area contributed by atoms with Gasteiger partial charge in [-0.05, 0) is 61.5 Å². The van der Waals surface area contributed by atoms with Gasteiger partial charge in [0.25, 0.3) is 5.91 Å². The van der Waals surface area contributed by atoms with Crippen LogP contribution in [0.5, 0.6) is 17.2 Å². The van der Waals surface area contributed by atoms with Crippen LogP contribution in [0.2, 0.25) is 0 Å². The molecule has 1 aliphatic rings. The van der Waals surface area contributed by atoms with Crippen LogP contribution < -0.4 is 14.2 Å². The summed E-state index contributed by atoms with van der Waals surface area (Å²) in [7, 11) is 0. The second kappa shape index (κ2) is 11.8. The van der Waals surface area contributed by atoms with Gasteiger partial charge in [-0.2, -0.15) is 4.68 Å². The number of carbonyl (C=O) groups excluding carboxylic acids is 1. The zero-order valence-electron chi connectivity index (χ0n) is 20.8. The molecule has 10 nitrogen and oxygen atoms in total. The smallest absolute Gasteiger partial charge is 0.254 e. The Bertz CT molecular complexity index is 1150. The van der Waals surface area contributed by atoms with Crippen molar-refractivity contribution < 1.29 is 23.4 Å². The van der Waals surface area contributed by atoms with Gasteiger partial charge in [0.05, 0.1) is 32.1 Å². The van der Waals surface area contributed by atoms with Crippen molar-refractivity contribution in [3.63, 3.8) is 0 Å². The number of rotatable bonds is 10. The molecule has 1 aromatic heterocycles. The number of hydrogen-bond donors (Lipinski definition) is 0. The Balaban J connectivity index is 1.44. The van der Waals surface area contributed by atoms with Gasteiger partial charge < -0.3 is 19.1 Å². The molecule has 1 aliphatic heterocycles. The van der Waals surface area contributed by atoms with E-state index in [1.165, 1.54) is 16.8 Å². The number of aromatic nitrogens is 4. The lowest BCUT2D eigenvalue weighted by Crippen LogP contribution is -2.48. The molecule has 0 N–H and O–H groups in total. The highest BCUT2D eigenvalue weighted by Crippen LogP contribution is 2.39. The van der Waals surface area contributed by atoms with Crippen molar-refractivity contribution in [2.45, 2.75) is 27.3 Å². The van der Waals surface area contributed by atoms with Crippen molar-refractivity contribution in [3.8, 4) is 22.9 Å². The molecule has 36 heavy (non-hydrogen) atoms. The summed E-state index contributed by atoms with van der Waals surface area (Å²) in [5.41, 5.74) is 1.06. The second-order valence-corrected chi connectivity index (χ2v) is 8.16. The summed E-state index contributed by atoms with van der Waals surface area (Å²) in [5, 5.41) is 11.9. The van der Waals surface area contributed by atoms with Crippen molar-refractivity contribution in [2.24, 2.45) is 0 Å². The Hall–Kier alpha value is -3.73. The van der Waals surface area contributed by atoms with Crippen LogP contribution in [0.4, 0.5) is 4.39 Å². The lowest BCUT2D eigenvalue weighted by molar-refractivity contribution is 0.0623. The number of hydrogen-bond acceptors (Lipinski definition) is 8. The van der Waals surface area contributed by atoms with E-state index in [-0.39, 0.29) is 11.7 Å². The first-order valence-corrected chi connectivity index (χ1v) is 12.1. The number of nitrogens with zero attached hydrogens (tertiary/aromatic N) is 6. The van der Waals surface area contributed by atoms with Gasteiger partial charge in [-0.1, -0.05) is 6.07 Å². The maximum atomic E-state index is 13.7. The lowest BCUT2D eigenvalue weighted by Gasteiger charge is -2.34. The standard InChI is InChI=1S/C25H31FN6O4/c1-4-34-21-14-18(15-22(35-5-2)24(21)36-6-3)25(33)31-12-10-30(11-13-31)17-23-27-28-29-32(23)20-9-7-8-19(26)16-20/h7-9,14-16H,4-6,10-13,17H2,1-3H3. The summed E-state index contributed by atoms with van der Waals surface area (Å²) in [5.74, 6) is 1.67. The molecule has 0 spiro atoms. The number of piperazine rings is 1. The molecule has 1 fully saturated rings. The van der Waals surface area contributed by atoms with E-state index in [0.717, 1.165) is 0 Å². The molecule has 192 valence electrons. The third kappa shape index (κ3) is 5.73. The zero-order valence-corrected chi connectivity index (χ0v) is 20.8. The summed E-state index contributed by atoms with van der Waals surface area (Å²) in [6.45, 7) is 9.86. The molecule has 0 saturated carbocycles. The molecular formula is C25H31FN6O4. The molecule has 11 heteroatoms. The van der Waals surface area contributed by atoms with Crippen LogP contribution in [0, 0.1) is 5.82 Å². The third-order valence-electron chi connectivity index (χ3n) is 5.77. The van der Waals surface area contributed by atoms with E-state index in [9.17, 15) is 9.18 Å². The van der Waals surface area contributed by atoms with Gasteiger partial charge in [0.15, 0.2) is 17.3 Å². The summed E-state index contributed by atoms with van der Waals surface area (Å²) < 4.78 is 32.4. The second-order valence-electron chi connectivity index (χ2n) is 8.16. The average Bonchev–Trinajstić information content (AvgIpc) is 3.34. The minimum atomic E-state index is -0.352. The predicted octanol–water partition coefficient (Wildman–Crippen LogP) is 2.96. The van der Waals surface area contributed by atoms with Gasteiger partial charge in [0.1, 0.15) is 5.82 Å². The van der Waals surface area contributed by atoms with E-state index in [1.807, 2.05) is 25.7 Å². The number of halogens is 1. The predicted molar refractivity (Wildman–Crippen MR) is 130 cm³/mol. The number of benzene rings is 2. The molecule has 2 heterocycles. The Morgan fingerprint density at radius 3 is 2.22 bits per heavy atom. The van der Waals surface area contributed by atoms with E-state index in [2.05, 4.69) is 20.4 Å². The molecule has 0 unspecified atom stereocenters. The van der Waals surface area contributed by atoms with E-state index in [4.69, 9.17) is 14.2 Å². The number of tetrazole rings is 1. The van der Waals surface area contributed by atoms with E-state index < -0.39 is 0 Å². The fraction of sp³-hybridized carbons (Fsp3) is 0.440. The van der Waals surface area contributed by atoms with Gasteiger partial charge >= 0.3 is 0 Å². The van der Waals surface area contributed by atoms with E-state index >= 15 is 0 Å². The molecule has 0 bridgehead atoms. The SMILES string of the molecule is CCOc1cc(C(=O)N2CCN(Cc3nnnn3-c3cccc(F)c3)CC2)cc(OCC)c1OCC. The maximum absolute atomic E-state index is 13.7. The molecule has 1 saturated heterocycles. The highest BCUT2D eigenvalue weighted by molar-refractivity contribution is 5.95. The van der Waals surface area contributed by atoms with E-state index in [1.54, 1.807) is 24.3 Å². The summed E-state index contributed by atoms with van der Waals surface area (Å²) in [4.78, 5) is 17.3. The number of carbonyl (C=O) groups is 1. The van der Waals surface area contributed by atoms with Gasteiger partial charge in [-0.25, -0.2) is 4.39 Å². The topological polar surface area (TPSA) is 94.8 Å². The van der Waals surface area contributed by atoms with Crippen LogP contribution in [0.3, 0.4) is 0 Å². The van der Waals surface area contributed by atoms with Crippen molar-refractivity contribution in [1.82, 2.24) is 30.0 Å². The highest BCUT2D eigenvalue weighted by atomic mass is 19.1. The van der Waals surface area contributed by atoms with Crippen LogP contribution in [-0.4, -0.2) is 81.9 Å². The minimum Gasteiger partial charge on any atom is -0.490 e. The Kier molecular flexibility index (Phi) is 8.32. The fourth-order valence-corrected chi connectivity index (χ4v) is 4.12. The van der Waals surface area contributed by atoms with Gasteiger partial charge in [0, 0.05) is 31.7 Å². The molecule has 3 aromatic rings. The zero-order chi connectivity index (χ0) is 25.5. The first-order valence-electron chi connectivity index (χ1n) is 12.1. The lowest BCUT2D eigenvalue weighted by atomic mass is 10.1. The summed E-state index contributed by atoms with van der Waals surface area (Å²) >= 11 is 0. The average molecular weight is 499 g/mol. The van der Waals surface area contributed by atoms with Gasteiger partial charge in [-0.15, -0.1) is 5.10 Å². The molecule has 4 rings (SSSR count). The Labute approximate surface area is 209 Å². The van der Waals surface area contributed by atoms with Gasteiger partial charge in [-0.3, -0.25) is 9.69 Å². The molecule has 0 aliphatic carbocycles.